The molecule has 3 rings (SSSR count). The molecule has 0 bridgehead atoms. The van der Waals surface area contributed by atoms with Crippen LogP contribution >= 0.6 is 0 Å². The van der Waals surface area contributed by atoms with E-state index in [0.717, 1.165) is 43.1 Å². The number of aromatic nitrogens is 3. The molecule has 1 aromatic carbocycles. The zero-order valence-electron chi connectivity index (χ0n) is 15.5. The van der Waals surface area contributed by atoms with Gasteiger partial charge in [0.1, 0.15) is 16.9 Å². The minimum absolute atomic E-state index is 0.339. The van der Waals surface area contributed by atoms with Crippen LogP contribution < -0.4 is 5.73 Å². The average Bonchev–Trinajstić information content (AvgIpc) is 2.92. The number of hydrogen-bond acceptors (Lipinski definition) is 5. The molecular formula is C20H26N4O2. The normalized spacial score (nSPS) is 11.3. The fourth-order valence-electron chi connectivity index (χ4n) is 3.05. The van der Waals surface area contributed by atoms with E-state index in [0.29, 0.717) is 35.7 Å². The number of nitrogen functional groups attached to an aromatic ring is 1. The number of aryl methyl sites for hydroxylation is 1. The van der Waals surface area contributed by atoms with Gasteiger partial charge in [0.05, 0.1) is 17.6 Å². The highest BCUT2D eigenvalue weighted by molar-refractivity contribution is 6.08. The number of nitrogens with zero attached hydrogens (tertiary/aromatic N) is 3. The number of benzene rings is 1. The van der Waals surface area contributed by atoms with E-state index in [-0.39, 0.29) is 0 Å². The molecular weight excluding hydrogens is 328 g/mol. The molecule has 3 aromatic rings. The molecule has 0 aliphatic heterocycles. The minimum atomic E-state index is -0.413. The van der Waals surface area contributed by atoms with E-state index in [1.807, 2.05) is 28.8 Å². The third-order valence-corrected chi connectivity index (χ3v) is 4.51. The molecule has 0 amide bonds. The predicted molar refractivity (Wildman–Crippen MR) is 104 cm³/mol. The van der Waals surface area contributed by atoms with Crippen molar-refractivity contribution in [3.8, 4) is 0 Å². The fraction of sp³-hybridized carbons (Fsp3) is 0.450. The van der Waals surface area contributed by atoms with Gasteiger partial charge in [0, 0.05) is 6.54 Å². The van der Waals surface area contributed by atoms with Crippen molar-refractivity contribution in [2.75, 3.05) is 12.3 Å². The van der Waals surface area contributed by atoms with Crippen LogP contribution in [0.1, 0.15) is 56.3 Å². The fourth-order valence-corrected chi connectivity index (χ4v) is 3.05. The Bertz CT molecular complexity index is 917. The summed E-state index contributed by atoms with van der Waals surface area (Å²) in [6, 6.07) is 7.63. The van der Waals surface area contributed by atoms with E-state index >= 15 is 0 Å². The van der Waals surface area contributed by atoms with Gasteiger partial charge in [-0.25, -0.2) is 14.8 Å². The van der Waals surface area contributed by atoms with Crippen LogP contribution in [0.3, 0.4) is 0 Å². The second kappa shape index (κ2) is 8.17. The van der Waals surface area contributed by atoms with Crippen molar-refractivity contribution in [3.63, 3.8) is 0 Å². The van der Waals surface area contributed by atoms with Crippen LogP contribution in [0.25, 0.3) is 22.2 Å². The summed E-state index contributed by atoms with van der Waals surface area (Å²) in [5.74, 6) is -0.0207. The van der Waals surface area contributed by atoms with Crippen LogP contribution in [0.5, 0.6) is 0 Å². The quantitative estimate of drug-likeness (QED) is 0.481. The third-order valence-electron chi connectivity index (χ3n) is 4.51. The lowest BCUT2D eigenvalue weighted by Gasteiger charge is -2.07. The van der Waals surface area contributed by atoms with Crippen LogP contribution in [0.2, 0.25) is 0 Å². The highest BCUT2D eigenvalue weighted by Crippen LogP contribution is 2.29. The molecule has 0 unspecified atom stereocenters. The first-order chi connectivity index (χ1) is 12.7. The molecule has 0 radical (unpaired) electrons. The van der Waals surface area contributed by atoms with Gasteiger partial charge in [0.2, 0.25) is 0 Å². The SMILES string of the molecule is CCCCCOC(=O)c1c(N)n(CCCC)c2nc3ccccc3nc12. The summed E-state index contributed by atoms with van der Waals surface area (Å²) in [5.41, 5.74) is 9.38. The van der Waals surface area contributed by atoms with Gasteiger partial charge in [0.15, 0.2) is 5.65 Å². The maximum Gasteiger partial charge on any atom is 0.344 e. The van der Waals surface area contributed by atoms with Gasteiger partial charge >= 0.3 is 5.97 Å². The summed E-state index contributed by atoms with van der Waals surface area (Å²) in [4.78, 5) is 22.1. The van der Waals surface area contributed by atoms with E-state index in [1.54, 1.807) is 0 Å². The van der Waals surface area contributed by atoms with E-state index in [4.69, 9.17) is 15.5 Å². The Morgan fingerprint density at radius 3 is 2.46 bits per heavy atom. The zero-order valence-corrected chi connectivity index (χ0v) is 15.5. The number of carbonyl (C=O) groups is 1. The number of hydrogen-bond donors (Lipinski definition) is 1. The number of esters is 1. The van der Waals surface area contributed by atoms with Gasteiger partial charge < -0.3 is 15.0 Å². The van der Waals surface area contributed by atoms with Crippen LogP contribution in [-0.2, 0) is 11.3 Å². The first-order valence-electron chi connectivity index (χ1n) is 9.39. The summed E-state index contributed by atoms with van der Waals surface area (Å²) in [5, 5.41) is 0. The number of carbonyl (C=O) groups excluding carboxylic acids is 1. The van der Waals surface area contributed by atoms with Crippen molar-refractivity contribution in [1.29, 1.82) is 0 Å². The molecule has 0 saturated heterocycles. The molecule has 2 aromatic heterocycles. The van der Waals surface area contributed by atoms with E-state index in [9.17, 15) is 4.79 Å². The van der Waals surface area contributed by atoms with E-state index in [1.165, 1.54) is 0 Å². The Morgan fingerprint density at radius 1 is 1.08 bits per heavy atom. The summed E-state index contributed by atoms with van der Waals surface area (Å²) < 4.78 is 7.34. The van der Waals surface area contributed by atoms with E-state index in [2.05, 4.69) is 18.8 Å². The predicted octanol–water partition coefficient (Wildman–Crippen LogP) is 4.31. The zero-order chi connectivity index (χ0) is 18.5. The first kappa shape index (κ1) is 18.2. The molecule has 2 heterocycles. The molecule has 0 saturated carbocycles. The Kier molecular flexibility index (Phi) is 5.71. The average molecular weight is 354 g/mol. The smallest absolute Gasteiger partial charge is 0.344 e. The van der Waals surface area contributed by atoms with Gasteiger partial charge in [0.25, 0.3) is 0 Å². The number of nitrogens with two attached hydrogens (primary N) is 1. The van der Waals surface area contributed by atoms with Crippen LogP contribution in [0.15, 0.2) is 24.3 Å². The maximum absolute atomic E-state index is 12.7. The van der Waals surface area contributed by atoms with Crippen LogP contribution in [-0.4, -0.2) is 27.1 Å². The highest BCUT2D eigenvalue weighted by Gasteiger charge is 2.24. The van der Waals surface area contributed by atoms with Crippen molar-refractivity contribution in [3.05, 3.63) is 29.8 Å². The van der Waals surface area contributed by atoms with Gasteiger partial charge in [-0.1, -0.05) is 45.2 Å². The molecule has 138 valence electrons. The lowest BCUT2D eigenvalue weighted by atomic mass is 10.2. The third kappa shape index (κ3) is 3.49. The Labute approximate surface area is 153 Å². The Balaban J connectivity index is 2.06. The van der Waals surface area contributed by atoms with Crippen molar-refractivity contribution in [1.82, 2.24) is 14.5 Å². The molecule has 0 atom stereocenters. The monoisotopic (exact) mass is 354 g/mol. The molecule has 0 fully saturated rings. The molecule has 0 aliphatic carbocycles. The number of rotatable bonds is 8. The number of ether oxygens (including phenoxy) is 1. The molecule has 2 N–H and O–H groups in total. The summed E-state index contributed by atoms with van der Waals surface area (Å²) in [6.07, 6.45) is 4.94. The number of fused-ring (bicyclic) bond motifs is 2. The molecule has 0 spiro atoms. The minimum Gasteiger partial charge on any atom is -0.462 e. The second-order valence-electron chi connectivity index (χ2n) is 6.49. The summed E-state index contributed by atoms with van der Waals surface area (Å²) in [6.45, 7) is 5.33. The highest BCUT2D eigenvalue weighted by atomic mass is 16.5. The number of anilines is 1. The largest absolute Gasteiger partial charge is 0.462 e. The van der Waals surface area contributed by atoms with E-state index < -0.39 is 5.97 Å². The number of unbranched alkanes of at least 4 members (excludes halogenated alkanes) is 3. The second-order valence-corrected chi connectivity index (χ2v) is 6.49. The van der Waals surface area contributed by atoms with Gasteiger partial charge in [-0.15, -0.1) is 0 Å². The Hall–Kier alpha value is -2.63. The molecule has 6 heteroatoms. The lowest BCUT2D eigenvalue weighted by molar-refractivity contribution is 0.0501. The van der Waals surface area contributed by atoms with Crippen molar-refractivity contribution in [2.24, 2.45) is 0 Å². The topological polar surface area (TPSA) is 83.0 Å². The first-order valence-corrected chi connectivity index (χ1v) is 9.39. The Morgan fingerprint density at radius 2 is 1.77 bits per heavy atom. The van der Waals surface area contributed by atoms with Crippen LogP contribution in [0, 0.1) is 0 Å². The van der Waals surface area contributed by atoms with Gasteiger partial charge in [-0.2, -0.15) is 0 Å². The van der Waals surface area contributed by atoms with Crippen molar-refractivity contribution >= 4 is 34.0 Å². The van der Waals surface area contributed by atoms with Crippen molar-refractivity contribution < 1.29 is 9.53 Å². The van der Waals surface area contributed by atoms with Crippen molar-refractivity contribution in [2.45, 2.75) is 52.5 Å². The van der Waals surface area contributed by atoms with Crippen LogP contribution in [0.4, 0.5) is 5.82 Å². The number of para-hydroxylation sites is 2. The van der Waals surface area contributed by atoms with Gasteiger partial charge in [-0.3, -0.25) is 0 Å². The molecule has 0 aliphatic rings. The summed E-state index contributed by atoms with van der Waals surface area (Å²) >= 11 is 0. The van der Waals surface area contributed by atoms with Gasteiger partial charge in [-0.05, 0) is 25.0 Å². The molecule has 6 nitrogen and oxygen atoms in total. The lowest BCUT2D eigenvalue weighted by Crippen LogP contribution is -2.10. The summed E-state index contributed by atoms with van der Waals surface area (Å²) in [7, 11) is 0. The maximum atomic E-state index is 12.7. The molecule has 26 heavy (non-hydrogen) atoms. The standard InChI is InChI=1S/C20H26N4O2/c1-3-5-9-13-26-20(25)16-17-19(24(18(16)21)12-6-4-2)23-15-11-8-7-10-14(15)22-17/h7-8,10-11H,3-6,9,12-13,21H2,1-2H3.